The third-order valence-corrected chi connectivity index (χ3v) is 5.83. The fourth-order valence-electron chi connectivity index (χ4n) is 4.05. The predicted molar refractivity (Wildman–Crippen MR) is 144 cm³/mol. The Morgan fingerprint density at radius 1 is 0.806 bits per heavy atom. The molecule has 0 radical (unpaired) electrons. The van der Waals surface area contributed by atoms with E-state index < -0.39 is 0 Å². The fourth-order valence-corrected chi connectivity index (χ4v) is 4.05. The van der Waals surface area contributed by atoms with Gasteiger partial charge in [0.1, 0.15) is 12.4 Å². The van der Waals surface area contributed by atoms with E-state index in [9.17, 15) is 9.59 Å². The average Bonchev–Trinajstić information content (AvgIpc) is 2.92. The normalized spacial score (nSPS) is 10.7. The molecule has 0 fully saturated rings. The van der Waals surface area contributed by atoms with Gasteiger partial charge in [0.05, 0.1) is 17.9 Å². The van der Waals surface area contributed by atoms with Gasteiger partial charge >= 0.3 is 0 Å². The van der Waals surface area contributed by atoms with Crippen LogP contribution in [0.2, 0.25) is 0 Å². The Morgan fingerprint density at radius 2 is 1.53 bits per heavy atom. The second-order valence-corrected chi connectivity index (χ2v) is 8.12. The molecular formula is C30H30N2O4. The first-order valence-electron chi connectivity index (χ1n) is 12.1. The van der Waals surface area contributed by atoms with E-state index in [1.165, 1.54) is 0 Å². The summed E-state index contributed by atoms with van der Waals surface area (Å²) in [6.45, 7) is 5.84. The highest BCUT2D eigenvalue weighted by atomic mass is 16.5. The molecule has 0 spiro atoms. The van der Waals surface area contributed by atoms with Gasteiger partial charge in [-0.3, -0.25) is 9.59 Å². The Bertz CT molecular complexity index is 1330. The van der Waals surface area contributed by atoms with Gasteiger partial charge in [-0.25, -0.2) is 0 Å². The zero-order chi connectivity index (χ0) is 25.3. The molecule has 0 bridgehead atoms. The number of benzene rings is 4. The van der Waals surface area contributed by atoms with Crippen molar-refractivity contribution in [1.29, 1.82) is 0 Å². The van der Waals surface area contributed by atoms with Crippen LogP contribution in [-0.4, -0.2) is 38.2 Å². The highest BCUT2D eigenvalue weighted by Crippen LogP contribution is 2.28. The van der Waals surface area contributed by atoms with Crippen LogP contribution in [0.4, 0.5) is 11.4 Å². The standard InChI is InChI=1S/C30H30N2O4/c1-3-32(27-14-9-11-22-10-5-6-12-25(22)27)30(34)23-16-18-24(19-17-23)31-29(33)26-13-7-8-15-28(26)36-21-20-35-4-2/h5-19H,3-4,20-21H2,1-2H3,(H,31,33). The molecule has 0 unspecified atom stereocenters. The van der Waals surface area contributed by atoms with Crippen LogP contribution >= 0.6 is 0 Å². The maximum atomic E-state index is 13.4. The van der Waals surface area contributed by atoms with Crippen LogP contribution in [0.3, 0.4) is 0 Å². The molecule has 0 atom stereocenters. The van der Waals surface area contributed by atoms with E-state index in [0.29, 0.717) is 48.9 Å². The molecule has 0 saturated carbocycles. The molecule has 4 aromatic carbocycles. The lowest BCUT2D eigenvalue weighted by Crippen LogP contribution is -2.30. The van der Waals surface area contributed by atoms with E-state index in [1.54, 1.807) is 47.4 Å². The number of carbonyl (C=O) groups is 2. The number of amides is 2. The van der Waals surface area contributed by atoms with E-state index in [4.69, 9.17) is 9.47 Å². The number of nitrogens with one attached hydrogen (secondary N) is 1. The van der Waals surface area contributed by atoms with Gasteiger partial charge in [-0.15, -0.1) is 0 Å². The van der Waals surface area contributed by atoms with E-state index >= 15 is 0 Å². The summed E-state index contributed by atoms with van der Waals surface area (Å²) < 4.78 is 11.0. The van der Waals surface area contributed by atoms with E-state index in [0.717, 1.165) is 16.5 Å². The zero-order valence-electron chi connectivity index (χ0n) is 20.6. The number of rotatable bonds is 10. The minimum absolute atomic E-state index is 0.0974. The molecule has 1 N–H and O–H groups in total. The summed E-state index contributed by atoms with van der Waals surface area (Å²) in [5, 5.41) is 5.00. The molecular weight excluding hydrogens is 452 g/mol. The molecule has 2 amide bonds. The summed E-state index contributed by atoms with van der Waals surface area (Å²) in [5.41, 5.74) is 2.44. The lowest BCUT2D eigenvalue weighted by molar-refractivity contribution is 0.0985. The first-order chi connectivity index (χ1) is 17.6. The molecule has 6 heteroatoms. The second kappa shape index (κ2) is 12.0. The van der Waals surface area contributed by atoms with Crippen molar-refractivity contribution in [2.24, 2.45) is 0 Å². The lowest BCUT2D eigenvalue weighted by atomic mass is 10.1. The van der Waals surface area contributed by atoms with Crippen molar-refractivity contribution in [3.05, 3.63) is 102 Å². The van der Waals surface area contributed by atoms with Crippen molar-refractivity contribution >= 4 is 34.0 Å². The van der Waals surface area contributed by atoms with Crippen LogP contribution in [0.15, 0.2) is 91.0 Å². The molecule has 0 saturated heterocycles. The third kappa shape index (κ3) is 5.73. The van der Waals surface area contributed by atoms with Gasteiger partial charge in [0.2, 0.25) is 0 Å². The molecule has 0 aromatic heterocycles. The van der Waals surface area contributed by atoms with Crippen molar-refractivity contribution in [2.75, 3.05) is 36.6 Å². The Morgan fingerprint density at radius 3 is 2.31 bits per heavy atom. The maximum Gasteiger partial charge on any atom is 0.259 e. The van der Waals surface area contributed by atoms with Gasteiger partial charge in [0.25, 0.3) is 11.8 Å². The number of carbonyl (C=O) groups excluding carboxylic acids is 2. The molecule has 6 nitrogen and oxygen atoms in total. The van der Waals surface area contributed by atoms with Crippen LogP contribution in [0, 0.1) is 0 Å². The van der Waals surface area contributed by atoms with Gasteiger partial charge in [0.15, 0.2) is 0 Å². The molecule has 0 aliphatic heterocycles. The van der Waals surface area contributed by atoms with Gasteiger partial charge < -0.3 is 19.7 Å². The minimum Gasteiger partial charge on any atom is -0.490 e. The number of nitrogens with zero attached hydrogens (tertiary/aromatic N) is 1. The van der Waals surface area contributed by atoms with Crippen molar-refractivity contribution in [3.63, 3.8) is 0 Å². The molecule has 4 rings (SSSR count). The Kier molecular flexibility index (Phi) is 8.32. The Labute approximate surface area is 211 Å². The SMILES string of the molecule is CCOCCOc1ccccc1C(=O)Nc1ccc(C(=O)N(CC)c2cccc3ccccc23)cc1. The summed E-state index contributed by atoms with van der Waals surface area (Å²) in [6, 6.07) is 28.0. The topological polar surface area (TPSA) is 67.9 Å². The first kappa shape index (κ1) is 24.9. The molecule has 0 aliphatic rings. The predicted octanol–water partition coefficient (Wildman–Crippen LogP) is 6.17. The van der Waals surface area contributed by atoms with Crippen LogP contribution in [0.1, 0.15) is 34.6 Å². The maximum absolute atomic E-state index is 13.4. The quantitative estimate of drug-likeness (QED) is 0.274. The third-order valence-electron chi connectivity index (χ3n) is 5.83. The number of hydrogen-bond acceptors (Lipinski definition) is 4. The van der Waals surface area contributed by atoms with Gasteiger partial charge in [-0.1, -0.05) is 48.5 Å². The summed E-state index contributed by atoms with van der Waals surface area (Å²) in [4.78, 5) is 28.1. The zero-order valence-corrected chi connectivity index (χ0v) is 20.6. The summed E-state index contributed by atoms with van der Waals surface area (Å²) in [7, 11) is 0. The van der Waals surface area contributed by atoms with Crippen LogP contribution in [0.5, 0.6) is 5.75 Å². The van der Waals surface area contributed by atoms with E-state index in [2.05, 4.69) is 5.32 Å². The molecule has 36 heavy (non-hydrogen) atoms. The summed E-state index contributed by atoms with van der Waals surface area (Å²) in [5.74, 6) is 0.113. The molecule has 0 heterocycles. The number of ether oxygens (including phenoxy) is 2. The number of fused-ring (bicyclic) bond motifs is 1. The Hall–Kier alpha value is -4.16. The van der Waals surface area contributed by atoms with Crippen molar-refractivity contribution in [1.82, 2.24) is 0 Å². The van der Waals surface area contributed by atoms with Crippen molar-refractivity contribution < 1.29 is 19.1 Å². The van der Waals surface area contributed by atoms with E-state index in [1.807, 2.05) is 62.4 Å². The van der Waals surface area contributed by atoms with Crippen molar-refractivity contribution in [2.45, 2.75) is 13.8 Å². The number of anilines is 2. The Balaban J connectivity index is 1.47. The monoisotopic (exact) mass is 482 g/mol. The largest absolute Gasteiger partial charge is 0.490 e. The summed E-state index contributed by atoms with van der Waals surface area (Å²) in [6.07, 6.45) is 0. The lowest BCUT2D eigenvalue weighted by Gasteiger charge is -2.23. The first-order valence-corrected chi connectivity index (χ1v) is 12.1. The smallest absolute Gasteiger partial charge is 0.259 e. The molecule has 0 aliphatic carbocycles. The van der Waals surface area contributed by atoms with Gasteiger partial charge in [-0.05, 0) is 61.7 Å². The number of hydrogen-bond donors (Lipinski definition) is 1. The van der Waals surface area contributed by atoms with Crippen LogP contribution in [-0.2, 0) is 4.74 Å². The van der Waals surface area contributed by atoms with Crippen LogP contribution in [0.25, 0.3) is 10.8 Å². The highest BCUT2D eigenvalue weighted by Gasteiger charge is 2.18. The molecule has 4 aromatic rings. The van der Waals surface area contributed by atoms with Gasteiger partial charge in [0, 0.05) is 29.8 Å². The minimum atomic E-state index is -0.285. The summed E-state index contributed by atoms with van der Waals surface area (Å²) >= 11 is 0. The number of para-hydroxylation sites is 1. The highest BCUT2D eigenvalue weighted by molar-refractivity contribution is 6.11. The van der Waals surface area contributed by atoms with Crippen molar-refractivity contribution in [3.8, 4) is 5.75 Å². The van der Waals surface area contributed by atoms with Crippen LogP contribution < -0.4 is 15.0 Å². The van der Waals surface area contributed by atoms with E-state index in [-0.39, 0.29) is 11.8 Å². The second-order valence-electron chi connectivity index (χ2n) is 8.12. The van der Waals surface area contributed by atoms with Gasteiger partial charge in [-0.2, -0.15) is 0 Å². The molecule has 184 valence electrons. The average molecular weight is 483 g/mol. The fraction of sp³-hybridized carbons (Fsp3) is 0.200.